The molecule has 2 atom stereocenters. The second-order valence-electron chi connectivity index (χ2n) is 7.91. The van der Waals surface area contributed by atoms with Gasteiger partial charge in [-0.1, -0.05) is 60.7 Å². The van der Waals surface area contributed by atoms with Gasteiger partial charge in [0, 0.05) is 31.2 Å². The van der Waals surface area contributed by atoms with Gasteiger partial charge in [0.05, 0.1) is 14.2 Å². The molecule has 0 aliphatic heterocycles. The minimum atomic E-state index is -0.106. The molecular weight excluding hydrogens is 372 g/mol. The third kappa shape index (κ3) is 4.35. The van der Waals surface area contributed by atoms with Crippen LogP contribution in [0.4, 0.5) is 0 Å². The molecule has 0 heterocycles. The first-order valence-corrected chi connectivity index (χ1v) is 10.5. The number of hydrogen-bond acceptors (Lipinski definition) is 4. The standard InChI is InChI=1S/C26H30N2O2/c1-29-21-15-23-22(25(16-21)30-2)13-14-24(26(23)27)28(17-19-9-5-3-6-10-19)18-20-11-7-4-8-12-20/h3-12,15-16,24,26H,13-14,17-18,27H2,1-2H3/t24-,26-/m1/s1. The Morgan fingerprint density at radius 2 is 1.47 bits per heavy atom. The molecular formula is C26H30N2O2. The number of rotatable bonds is 7. The minimum absolute atomic E-state index is 0.106. The fraction of sp³-hybridized carbons (Fsp3) is 0.308. The van der Waals surface area contributed by atoms with Gasteiger partial charge >= 0.3 is 0 Å². The van der Waals surface area contributed by atoms with Gasteiger partial charge in [-0.25, -0.2) is 0 Å². The summed E-state index contributed by atoms with van der Waals surface area (Å²) in [4.78, 5) is 2.52. The quantitative estimate of drug-likeness (QED) is 0.621. The molecule has 3 aromatic carbocycles. The van der Waals surface area contributed by atoms with Crippen LogP contribution < -0.4 is 15.2 Å². The highest BCUT2D eigenvalue weighted by atomic mass is 16.5. The molecule has 4 nitrogen and oxygen atoms in total. The van der Waals surface area contributed by atoms with Gasteiger partial charge in [0.25, 0.3) is 0 Å². The van der Waals surface area contributed by atoms with Crippen LogP contribution in [-0.2, 0) is 19.5 Å². The summed E-state index contributed by atoms with van der Waals surface area (Å²) in [6.45, 7) is 1.73. The van der Waals surface area contributed by atoms with E-state index in [0.717, 1.165) is 43.0 Å². The fourth-order valence-electron chi connectivity index (χ4n) is 4.52. The Morgan fingerprint density at radius 1 is 0.867 bits per heavy atom. The van der Waals surface area contributed by atoms with Crippen LogP contribution in [0.3, 0.4) is 0 Å². The Labute approximate surface area is 179 Å². The highest BCUT2D eigenvalue weighted by Gasteiger charge is 2.33. The van der Waals surface area contributed by atoms with E-state index < -0.39 is 0 Å². The third-order valence-electron chi connectivity index (χ3n) is 6.06. The number of fused-ring (bicyclic) bond motifs is 1. The Balaban J connectivity index is 1.67. The average molecular weight is 403 g/mol. The van der Waals surface area contributed by atoms with E-state index in [4.69, 9.17) is 15.2 Å². The molecule has 0 aromatic heterocycles. The maximum absolute atomic E-state index is 6.89. The molecule has 1 aliphatic carbocycles. The molecule has 1 aliphatic rings. The Kier molecular flexibility index (Phi) is 6.36. The van der Waals surface area contributed by atoms with Gasteiger partial charge in [0.1, 0.15) is 11.5 Å². The van der Waals surface area contributed by atoms with Gasteiger partial charge in [0.15, 0.2) is 0 Å². The monoisotopic (exact) mass is 402 g/mol. The van der Waals surface area contributed by atoms with E-state index in [1.54, 1.807) is 14.2 Å². The fourth-order valence-corrected chi connectivity index (χ4v) is 4.52. The third-order valence-corrected chi connectivity index (χ3v) is 6.06. The summed E-state index contributed by atoms with van der Waals surface area (Å²) in [7, 11) is 3.40. The van der Waals surface area contributed by atoms with E-state index >= 15 is 0 Å². The lowest BCUT2D eigenvalue weighted by molar-refractivity contribution is 0.137. The minimum Gasteiger partial charge on any atom is -0.497 e. The van der Waals surface area contributed by atoms with Crippen LogP contribution in [0.1, 0.15) is 34.7 Å². The van der Waals surface area contributed by atoms with Crippen molar-refractivity contribution in [3.8, 4) is 11.5 Å². The second kappa shape index (κ2) is 9.33. The molecule has 0 saturated carbocycles. The summed E-state index contributed by atoms with van der Waals surface area (Å²) in [6, 6.07) is 25.4. The van der Waals surface area contributed by atoms with Crippen LogP contribution in [0.2, 0.25) is 0 Å². The lowest BCUT2D eigenvalue weighted by Gasteiger charge is -2.40. The van der Waals surface area contributed by atoms with Crippen molar-refractivity contribution >= 4 is 0 Å². The van der Waals surface area contributed by atoms with Crippen LogP contribution >= 0.6 is 0 Å². The van der Waals surface area contributed by atoms with Gasteiger partial charge in [-0.15, -0.1) is 0 Å². The molecule has 30 heavy (non-hydrogen) atoms. The maximum atomic E-state index is 6.89. The van der Waals surface area contributed by atoms with E-state index in [-0.39, 0.29) is 12.1 Å². The summed E-state index contributed by atoms with van der Waals surface area (Å²) >= 11 is 0. The number of nitrogens with zero attached hydrogens (tertiary/aromatic N) is 1. The first-order chi connectivity index (χ1) is 14.7. The van der Waals surface area contributed by atoms with Gasteiger partial charge in [0.2, 0.25) is 0 Å². The number of ether oxygens (including phenoxy) is 2. The zero-order valence-corrected chi connectivity index (χ0v) is 17.8. The van der Waals surface area contributed by atoms with Crippen molar-refractivity contribution in [2.45, 2.75) is 38.0 Å². The van der Waals surface area contributed by atoms with Gasteiger partial charge in [-0.2, -0.15) is 0 Å². The van der Waals surface area contributed by atoms with Crippen LogP contribution in [0, 0.1) is 0 Å². The average Bonchev–Trinajstić information content (AvgIpc) is 2.80. The van der Waals surface area contributed by atoms with E-state index in [9.17, 15) is 0 Å². The van der Waals surface area contributed by atoms with Crippen LogP contribution in [0.15, 0.2) is 72.8 Å². The van der Waals surface area contributed by atoms with E-state index in [2.05, 4.69) is 71.6 Å². The highest BCUT2D eigenvalue weighted by Crippen LogP contribution is 2.40. The molecule has 0 radical (unpaired) electrons. The lowest BCUT2D eigenvalue weighted by Crippen LogP contribution is -2.44. The molecule has 2 N–H and O–H groups in total. The summed E-state index contributed by atoms with van der Waals surface area (Å²) in [5.41, 5.74) is 11.8. The molecule has 0 saturated heterocycles. The molecule has 0 amide bonds. The normalized spacial score (nSPS) is 18.1. The Morgan fingerprint density at radius 3 is 2.00 bits per heavy atom. The van der Waals surface area contributed by atoms with Crippen molar-refractivity contribution < 1.29 is 9.47 Å². The highest BCUT2D eigenvalue weighted by molar-refractivity contribution is 5.50. The van der Waals surface area contributed by atoms with Gasteiger partial charge in [-0.05, 0) is 41.2 Å². The van der Waals surface area contributed by atoms with Crippen molar-refractivity contribution in [1.82, 2.24) is 4.90 Å². The Bertz CT molecular complexity index is 918. The molecule has 0 bridgehead atoms. The molecule has 4 rings (SSSR count). The number of benzene rings is 3. The summed E-state index contributed by atoms with van der Waals surface area (Å²) in [5, 5.41) is 0. The smallest absolute Gasteiger partial charge is 0.126 e. The van der Waals surface area contributed by atoms with E-state index in [1.807, 2.05) is 6.07 Å². The number of methoxy groups -OCH3 is 2. The molecule has 156 valence electrons. The maximum Gasteiger partial charge on any atom is 0.126 e. The summed E-state index contributed by atoms with van der Waals surface area (Å²) in [6.07, 6.45) is 1.94. The van der Waals surface area contributed by atoms with Crippen molar-refractivity contribution in [2.24, 2.45) is 5.73 Å². The zero-order valence-electron chi connectivity index (χ0n) is 17.8. The van der Waals surface area contributed by atoms with Crippen molar-refractivity contribution in [3.63, 3.8) is 0 Å². The molecule has 3 aromatic rings. The summed E-state index contributed by atoms with van der Waals surface area (Å²) in [5.74, 6) is 1.66. The summed E-state index contributed by atoms with van der Waals surface area (Å²) < 4.78 is 11.2. The topological polar surface area (TPSA) is 47.7 Å². The van der Waals surface area contributed by atoms with Crippen LogP contribution in [-0.4, -0.2) is 25.2 Å². The number of hydrogen-bond donors (Lipinski definition) is 1. The molecule has 4 heteroatoms. The van der Waals surface area contributed by atoms with E-state index in [1.165, 1.54) is 16.7 Å². The molecule has 0 fully saturated rings. The first kappa shape index (κ1) is 20.5. The van der Waals surface area contributed by atoms with Gasteiger partial charge in [-0.3, -0.25) is 4.90 Å². The van der Waals surface area contributed by atoms with Crippen LogP contribution in [0.5, 0.6) is 11.5 Å². The van der Waals surface area contributed by atoms with Crippen molar-refractivity contribution in [2.75, 3.05) is 14.2 Å². The zero-order chi connectivity index (χ0) is 20.9. The molecule has 0 unspecified atom stereocenters. The predicted molar refractivity (Wildman–Crippen MR) is 121 cm³/mol. The van der Waals surface area contributed by atoms with Gasteiger partial charge < -0.3 is 15.2 Å². The van der Waals surface area contributed by atoms with Crippen molar-refractivity contribution in [1.29, 1.82) is 0 Å². The lowest BCUT2D eigenvalue weighted by atomic mass is 9.82. The SMILES string of the molecule is COc1cc(OC)c2c(c1)[C@@H](N)[C@H](N(Cc1ccccc1)Cc1ccccc1)CC2. The predicted octanol–water partition coefficient (Wildman–Crippen LogP) is 4.72. The first-order valence-electron chi connectivity index (χ1n) is 10.5. The Hall–Kier alpha value is -2.82. The number of nitrogens with two attached hydrogens (primary N) is 1. The molecule has 0 spiro atoms. The van der Waals surface area contributed by atoms with Crippen molar-refractivity contribution in [3.05, 3.63) is 95.1 Å². The van der Waals surface area contributed by atoms with Crippen LogP contribution in [0.25, 0.3) is 0 Å². The van der Waals surface area contributed by atoms with E-state index in [0.29, 0.717) is 0 Å². The second-order valence-corrected chi connectivity index (χ2v) is 7.91. The largest absolute Gasteiger partial charge is 0.497 e.